The molecule has 2 unspecified atom stereocenters. The van der Waals surface area contributed by atoms with Gasteiger partial charge in [0, 0.05) is 50.4 Å². The summed E-state index contributed by atoms with van der Waals surface area (Å²) in [6, 6.07) is 13.3. The number of amides is 1. The highest BCUT2D eigenvalue weighted by Gasteiger charge is 2.35. The Kier molecular flexibility index (Phi) is 6.72. The second-order valence-electron chi connectivity index (χ2n) is 8.37. The molecule has 4 heteroatoms. The van der Waals surface area contributed by atoms with Crippen LogP contribution in [-0.4, -0.2) is 41.9 Å². The molecule has 1 amide bonds. The van der Waals surface area contributed by atoms with Crippen molar-refractivity contribution in [3.8, 4) is 0 Å². The minimum absolute atomic E-state index is 0.197. The minimum Gasteiger partial charge on any atom is -0.342 e. The van der Waals surface area contributed by atoms with Crippen LogP contribution in [0.4, 0.5) is 0 Å². The summed E-state index contributed by atoms with van der Waals surface area (Å²) in [5, 5.41) is 2.15. The number of rotatable bonds is 7. The highest BCUT2D eigenvalue weighted by atomic mass is 32.1. The first-order valence-corrected chi connectivity index (χ1v) is 10.9. The molecule has 0 radical (unpaired) electrons. The number of hydrogen-bond donors (Lipinski definition) is 0. The Hall–Kier alpha value is -1.65. The van der Waals surface area contributed by atoms with Gasteiger partial charge in [0.1, 0.15) is 0 Å². The number of likely N-dealkylation sites (tertiary alicyclic amines) is 1. The molecule has 1 saturated heterocycles. The normalized spacial score (nSPS) is 20.3. The maximum atomic E-state index is 12.2. The van der Waals surface area contributed by atoms with Gasteiger partial charge in [-0.1, -0.05) is 49.7 Å². The Bertz CT molecular complexity index is 723. The molecule has 2 aromatic rings. The highest BCUT2D eigenvalue weighted by Crippen LogP contribution is 2.35. The van der Waals surface area contributed by atoms with Crippen LogP contribution < -0.4 is 0 Å². The van der Waals surface area contributed by atoms with Crippen molar-refractivity contribution in [2.24, 2.45) is 11.8 Å². The zero-order valence-electron chi connectivity index (χ0n) is 17.0. The second-order valence-corrected chi connectivity index (χ2v) is 9.40. The van der Waals surface area contributed by atoms with Crippen molar-refractivity contribution in [2.45, 2.75) is 40.2 Å². The Morgan fingerprint density at radius 1 is 1.22 bits per heavy atom. The van der Waals surface area contributed by atoms with E-state index in [1.165, 1.54) is 16.0 Å². The van der Waals surface area contributed by atoms with Crippen LogP contribution in [0.5, 0.6) is 0 Å². The van der Waals surface area contributed by atoms with Crippen LogP contribution in [0.15, 0.2) is 41.8 Å². The molecule has 1 aliphatic heterocycles. The quantitative estimate of drug-likeness (QED) is 0.686. The van der Waals surface area contributed by atoms with Crippen molar-refractivity contribution in [3.63, 3.8) is 0 Å². The van der Waals surface area contributed by atoms with E-state index in [0.717, 1.165) is 32.7 Å². The summed E-state index contributed by atoms with van der Waals surface area (Å²) in [7, 11) is 0. The van der Waals surface area contributed by atoms with E-state index in [2.05, 4.69) is 72.3 Å². The van der Waals surface area contributed by atoms with Crippen LogP contribution >= 0.6 is 11.3 Å². The fraction of sp³-hybridized carbons (Fsp3) is 0.522. The monoisotopic (exact) mass is 384 g/mol. The lowest BCUT2D eigenvalue weighted by atomic mass is 9.88. The number of thiophene rings is 1. The SMILES string of the molecule is CC(=O)N(CC(C)C)CC1CN(Cc2cccs2)CC1c1ccc(C)cc1. The molecule has 3 rings (SSSR count). The van der Waals surface area contributed by atoms with E-state index >= 15 is 0 Å². The molecule has 1 aliphatic rings. The number of hydrogen-bond acceptors (Lipinski definition) is 3. The molecular formula is C23H32N2OS. The van der Waals surface area contributed by atoms with E-state index in [4.69, 9.17) is 0 Å². The Morgan fingerprint density at radius 3 is 2.56 bits per heavy atom. The molecule has 0 spiro atoms. The van der Waals surface area contributed by atoms with E-state index in [0.29, 0.717) is 17.8 Å². The fourth-order valence-corrected chi connectivity index (χ4v) is 4.89. The fourth-order valence-electron chi connectivity index (χ4n) is 4.14. The van der Waals surface area contributed by atoms with Gasteiger partial charge in [-0.25, -0.2) is 0 Å². The van der Waals surface area contributed by atoms with Crippen LogP contribution in [-0.2, 0) is 11.3 Å². The molecule has 1 aromatic carbocycles. The van der Waals surface area contributed by atoms with Gasteiger partial charge in [0.25, 0.3) is 0 Å². The van der Waals surface area contributed by atoms with Crippen molar-refractivity contribution in [1.29, 1.82) is 0 Å². The van der Waals surface area contributed by atoms with Gasteiger partial charge in [-0.3, -0.25) is 9.69 Å². The third-order valence-corrected chi connectivity index (χ3v) is 6.33. The number of carbonyl (C=O) groups excluding carboxylic acids is 1. The lowest BCUT2D eigenvalue weighted by molar-refractivity contribution is -0.130. The van der Waals surface area contributed by atoms with Crippen LogP contribution in [0.2, 0.25) is 0 Å². The number of aryl methyl sites for hydroxylation is 1. The average molecular weight is 385 g/mol. The van der Waals surface area contributed by atoms with Crippen LogP contribution in [0.1, 0.15) is 42.7 Å². The predicted molar refractivity (Wildman–Crippen MR) is 114 cm³/mol. The smallest absolute Gasteiger partial charge is 0.219 e. The highest BCUT2D eigenvalue weighted by molar-refractivity contribution is 7.09. The van der Waals surface area contributed by atoms with Crippen molar-refractivity contribution < 1.29 is 4.79 Å². The molecule has 0 bridgehead atoms. The maximum Gasteiger partial charge on any atom is 0.219 e. The van der Waals surface area contributed by atoms with E-state index < -0.39 is 0 Å². The molecule has 27 heavy (non-hydrogen) atoms. The first-order valence-electron chi connectivity index (χ1n) is 9.99. The van der Waals surface area contributed by atoms with Gasteiger partial charge in [0.05, 0.1) is 0 Å². The van der Waals surface area contributed by atoms with Crippen molar-refractivity contribution in [1.82, 2.24) is 9.80 Å². The van der Waals surface area contributed by atoms with Crippen molar-refractivity contribution in [3.05, 3.63) is 57.8 Å². The topological polar surface area (TPSA) is 23.6 Å². The van der Waals surface area contributed by atoms with Gasteiger partial charge in [-0.05, 0) is 35.8 Å². The van der Waals surface area contributed by atoms with Crippen molar-refractivity contribution in [2.75, 3.05) is 26.2 Å². The number of benzene rings is 1. The molecule has 1 aromatic heterocycles. The Morgan fingerprint density at radius 2 is 1.96 bits per heavy atom. The van der Waals surface area contributed by atoms with Gasteiger partial charge in [-0.15, -0.1) is 11.3 Å². The largest absolute Gasteiger partial charge is 0.342 e. The zero-order chi connectivity index (χ0) is 19.4. The molecular weight excluding hydrogens is 352 g/mol. The lowest BCUT2D eigenvalue weighted by Gasteiger charge is -2.29. The van der Waals surface area contributed by atoms with Gasteiger partial charge in [0.2, 0.25) is 5.91 Å². The molecule has 0 N–H and O–H groups in total. The molecule has 2 heterocycles. The van der Waals surface area contributed by atoms with E-state index in [1.54, 1.807) is 6.92 Å². The second kappa shape index (κ2) is 9.03. The van der Waals surface area contributed by atoms with E-state index in [1.807, 2.05) is 11.3 Å². The molecule has 0 aliphatic carbocycles. The van der Waals surface area contributed by atoms with E-state index in [9.17, 15) is 4.79 Å². The third-order valence-electron chi connectivity index (χ3n) is 5.47. The molecule has 1 fully saturated rings. The van der Waals surface area contributed by atoms with Crippen LogP contribution in [0, 0.1) is 18.8 Å². The van der Waals surface area contributed by atoms with Gasteiger partial charge < -0.3 is 4.90 Å². The molecule has 2 atom stereocenters. The van der Waals surface area contributed by atoms with Crippen molar-refractivity contribution >= 4 is 17.2 Å². The number of carbonyl (C=O) groups is 1. The number of nitrogens with zero attached hydrogens (tertiary/aromatic N) is 2. The first-order chi connectivity index (χ1) is 12.9. The minimum atomic E-state index is 0.197. The van der Waals surface area contributed by atoms with Crippen LogP contribution in [0.3, 0.4) is 0 Å². The lowest BCUT2D eigenvalue weighted by Crippen LogP contribution is -2.38. The summed E-state index contributed by atoms with van der Waals surface area (Å²) in [6.07, 6.45) is 0. The first kappa shape index (κ1) is 20.1. The molecule has 146 valence electrons. The summed E-state index contributed by atoms with van der Waals surface area (Å²) < 4.78 is 0. The van der Waals surface area contributed by atoms with Gasteiger partial charge in [0.15, 0.2) is 0 Å². The third kappa shape index (κ3) is 5.43. The Labute approximate surface area is 168 Å². The molecule has 3 nitrogen and oxygen atoms in total. The standard InChI is InChI=1S/C23H32N2OS/c1-17(2)12-25(19(4)26)14-21-13-24(15-22-6-5-11-27-22)16-23(21)20-9-7-18(3)8-10-20/h5-11,17,21,23H,12-16H2,1-4H3. The summed E-state index contributed by atoms with van der Waals surface area (Å²) >= 11 is 1.83. The average Bonchev–Trinajstić information content (AvgIpc) is 3.25. The van der Waals surface area contributed by atoms with Gasteiger partial charge >= 0.3 is 0 Å². The summed E-state index contributed by atoms with van der Waals surface area (Å²) in [6.45, 7) is 13.1. The predicted octanol–water partition coefficient (Wildman–Crippen LogP) is 4.78. The summed E-state index contributed by atoms with van der Waals surface area (Å²) in [4.78, 5) is 18.3. The van der Waals surface area contributed by atoms with Crippen LogP contribution in [0.25, 0.3) is 0 Å². The summed E-state index contributed by atoms with van der Waals surface area (Å²) in [5.41, 5.74) is 2.71. The van der Waals surface area contributed by atoms with Gasteiger partial charge in [-0.2, -0.15) is 0 Å². The molecule has 0 saturated carbocycles. The van der Waals surface area contributed by atoms with E-state index in [-0.39, 0.29) is 5.91 Å². The summed E-state index contributed by atoms with van der Waals surface area (Å²) in [5.74, 6) is 1.66. The maximum absolute atomic E-state index is 12.2. The Balaban J connectivity index is 1.77. The zero-order valence-corrected chi connectivity index (χ0v) is 17.8.